The minimum Gasteiger partial charge on any atom is -0.462 e. The maximum absolute atomic E-state index is 12.4. The zero-order valence-electron chi connectivity index (χ0n) is 14.1. The van der Waals surface area contributed by atoms with Crippen molar-refractivity contribution in [3.8, 4) is 0 Å². The number of halogens is 1. The second-order valence-electron chi connectivity index (χ2n) is 5.96. The molecule has 2 N–H and O–H groups in total. The fourth-order valence-corrected chi connectivity index (χ4v) is 2.71. The minimum absolute atomic E-state index is 0.282. The smallest absolute Gasteiger partial charge is 0.462 e. The van der Waals surface area contributed by atoms with Crippen LogP contribution in [0.2, 0.25) is 0 Å². The molecule has 27 heavy (non-hydrogen) atoms. The van der Waals surface area contributed by atoms with Gasteiger partial charge in [-0.3, -0.25) is 14.2 Å². The average molecular weight is 385 g/mol. The number of nitrogens with zero attached hydrogens (tertiary/aromatic N) is 2. The van der Waals surface area contributed by atoms with Crippen LogP contribution in [-0.4, -0.2) is 65.1 Å². The van der Waals surface area contributed by atoms with Gasteiger partial charge < -0.3 is 24.7 Å². The maximum atomic E-state index is 12.4. The Labute approximate surface area is 151 Å². The molecule has 2 unspecified atom stereocenters. The molecule has 146 valence electrons. The highest BCUT2D eigenvalue weighted by Crippen LogP contribution is 2.37. The highest BCUT2D eigenvalue weighted by molar-refractivity contribution is 5.94. The molecule has 5 atom stereocenters. The summed E-state index contributed by atoms with van der Waals surface area (Å²) >= 11 is 0. The molecule has 0 spiro atoms. The summed E-state index contributed by atoms with van der Waals surface area (Å²) in [7, 11) is 0. The first-order chi connectivity index (χ1) is 12.8. The molecule has 3 rings (SSSR count). The molecular weight excluding hydrogens is 369 g/mol. The number of carbonyl (C=O) groups excluding carboxylic acids is 3. The van der Waals surface area contributed by atoms with E-state index in [-0.39, 0.29) is 12.3 Å². The largest absolute Gasteiger partial charge is 0.509 e. The molecule has 0 saturated carbocycles. The van der Waals surface area contributed by atoms with Gasteiger partial charge >= 0.3 is 17.8 Å². The number of Topliss-reactive ketones (excluding diaryl/α,β-unsaturated/α-hetero) is 1. The van der Waals surface area contributed by atoms with Gasteiger partial charge in [0.1, 0.15) is 24.4 Å². The van der Waals surface area contributed by atoms with E-state index in [0.717, 1.165) is 10.6 Å². The van der Waals surface area contributed by atoms with E-state index in [1.54, 1.807) is 0 Å². The first-order valence-electron chi connectivity index (χ1n) is 7.95. The van der Waals surface area contributed by atoms with Crippen molar-refractivity contribution in [2.24, 2.45) is 5.73 Å². The van der Waals surface area contributed by atoms with Crippen LogP contribution in [0.4, 0.5) is 9.18 Å². The van der Waals surface area contributed by atoms with Crippen molar-refractivity contribution < 1.29 is 37.7 Å². The maximum Gasteiger partial charge on any atom is 0.509 e. The van der Waals surface area contributed by atoms with Crippen LogP contribution in [0.5, 0.6) is 0 Å². The van der Waals surface area contributed by atoms with Gasteiger partial charge in [0, 0.05) is 6.20 Å². The summed E-state index contributed by atoms with van der Waals surface area (Å²) in [4.78, 5) is 50.0. The number of nitrogens with two attached hydrogens (primary N) is 1. The van der Waals surface area contributed by atoms with E-state index in [4.69, 9.17) is 24.7 Å². The Balaban J connectivity index is 1.81. The van der Waals surface area contributed by atoms with Crippen LogP contribution in [0.25, 0.3) is 0 Å². The SMILES string of the molecule is C[C@@H](N)C(=O)OC[C@H]1O[C@@H](n2ccc(C(=O)CF)nc2=O)C2OC(=O)OC21. The summed E-state index contributed by atoms with van der Waals surface area (Å²) in [5, 5.41) is 0. The van der Waals surface area contributed by atoms with E-state index in [0.29, 0.717) is 0 Å². The Bertz CT molecular complexity index is 826. The van der Waals surface area contributed by atoms with E-state index in [1.165, 1.54) is 13.1 Å². The number of hydrogen-bond donors (Lipinski definition) is 1. The quantitative estimate of drug-likeness (QED) is 0.481. The Hall–Kier alpha value is -2.86. The minimum atomic E-state index is -1.29. The Kier molecular flexibility index (Phi) is 5.19. The second kappa shape index (κ2) is 7.40. The van der Waals surface area contributed by atoms with Gasteiger partial charge in [0.05, 0.1) is 0 Å². The van der Waals surface area contributed by atoms with Gasteiger partial charge in [-0.2, -0.15) is 4.98 Å². The molecule has 2 aliphatic rings. The lowest BCUT2D eigenvalue weighted by atomic mass is 10.1. The van der Waals surface area contributed by atoms with Crippen LogP contribution in [0.15, 0.2) is 17.1 Å². The lowest BCUT2D eigenvalue weighted by Crippen LogP contribution is -2.36. The monoisotopic (exact) mass is 385 g/mol. The second-order valence-corrected chi connectivity index (χ2v) is 5.96. The first-order valence-corrected chi connectivity index (χ1v) is 7.95. The van der Waals surface area contributed by atoms with Gasteiger partial charge in [-0.15, -0.1) is 0 Å². The van der Waals surface area contributed by atoms with Gasteiger partial charge in [-0.1, -0.05) is 0 Å². The van der Waals surface area contributed by atoms with Crippen molar-refractivity contribution in [3.63, 3.8) is 0 Å². The molecule has 1 aromatic rings. The summed E-state index contributed by atoms with van der Waals surface area (Å²) in [6.07, 6.45) is -3.76. The number of ketones is 1. The molecule has 2 saturated heterocycles. The lowest BCUT2D eigenvalue weighted by molar-refractivity contribution is -0.151. The summed E-state index contributed by atoms with van der Waals surface area (Å²) in [5.41, 5.74) is 4.16. The standard InChI is InChI=1S/C15H16FN3O8/c1-6(17)13(21)24-5-9-10-11(27-15(23)26-10)12(25-9)19-3-2-7(8(20)4-16)18-14(19)22/h2-3,6,9-12H,4-5,17H2,1H3/t6-,9-,10?,11?,12-/m1/s1. The fraction of sp³-hybridized carbons (Fsp3) is 0.533. The highest BCUT2D eigenvalue weighted by atomic mass is 19.1. The summed E-state index contributed by atoms with van der Waals surface area (Å²) in [5.74, 6) is -1.63. The number of esters is 1. The van der Waals surface area contributed by atoms with Crippen molar-refractivity contribution in [1.82, 2.24) is 9.55 Å². The summed E-state index contributed by atoms with van der Waals surface area (Å²) in [6.45, 7) is -0.136. The molecular formula is C15H16FN3O8. The third-order valence-corrected chi connectivity index (χ3v) is 4.02. The van der Waals surface area contributed by atoms with Crippen molar-refractivity contribution in [2.75, 3.05) is 13.3 Å². The number of fused-ring (bicyclic) bond motifs is 1. The summed E-state index contributed by atoms with van der Waals surface area (Å²) in [6, 6.07) is 0.288. The van der Waals surface area contributed by atoms with Gasteiger partial charge in [0.2, 0.25) is 5.78 Å². The van der Waals surface area contributed by atoms with Crippen molar-refractivity contribution in [2.45, 2.75) is 37.5 Å². The van der Waals surface area contributed by atoms with E-state index in [2.05, 4.69) is 4.98 Å². The fourth-order valence-electron chi connectivity index (χ4n) is 2.71. The number of aromatic nitrogens is 2. The number of alkyl halides is 1. The van der Waals surface area contributed by atoms with Gasteiger partial charge in [0.15, 0.2) is 25.1 Å². The van der Waals surface area contributed by atoms with Crippen LogP contribution in [0.3, 0.4) is 0 Å². The Morgan fingerprint density at radius 1 is 1.37 bits per heavy atom. The molecule has 3 heterocycles. The van der Waals surface area contributed by atoms with Gasteiger partial charge in [-0.05, 0) is 13.0 Å². The Morgan fingerprint density at radius 2 is 2.07 bits per heavy atom. The predicted molar refractivity (Wildman–Crippen MR) is 82.5 cm³/mol. The molecule has 1 aromatic heterocycles. The van der Waals surface area contributed by atoms with Crippen molar-refractivity contribution in [1.29, 1.82) is 0 Å². The number of ether oxygens (including phenoxy) is 4. The normalized spacial score (nSPS) is 27.4. The van der Waals surface area contributed by atoms with E-state index in [1.807, 2.05) is 0 Å². The summed E-state index contributed by atoms with van der Waals surface area (Å²) < 4.78 is 34.1. The molecule has 0 aromatic carbocycles. The van der Waals surface area contributed by atoms with E-state index < -0.39 is 60.9 Å². The van der Waals surface area contributed by atoms with Crippen LogP contribution in [0.1, 0.15) is 23.6 Å². The number of carbonyl (C=O) groups is 3. The topological polar surface area (TPSA) is 149 Å². The molecule has 12 heteroatoms. The zero-order chi connectivity index (χ0) is 19.7. The van der Waals surface area contributed by atoms with Gasteiger partial charge in [-0.25, -0.2) is 14.0 Å². The first kappa shape index (κ1) is 18.9. The van der Waals surface area contributed by atoms with Crippen molar-refractivity contribution >= 4 is 17.9 Å². The number of rotatable bonds is 6. The molecule has 0 aliphatic carbocycles. The number of hydrogen-bond acceptors (Lipinski definition) is 10. The van der Waals surface area contributed by atoms with Crippen LogP contribution < -0.4 is 11.4 Å². The molecule has 2 aliphatic heterocycles. The average Bonchev–Trinajstić information content (AvgIpc) is 3.16. The molecule has 0 bridgehead atoms. The molecule has 11 nitrogen and oxygen atoms in total. The van der Waals surface area contributed by atoms with Gasteiger partial charge in [0.25, 0.3) is 0 Å². The predicted octanol–water partition coefficient (Wildman–Crippen LogP) is -0.913. The highest BCUT2D eigenvalue weighted by Gasteiger charge is 2.55. The molecule has 0 radical (unpaired) electrons. The third-order valence-electron chi connectivity index (χ3n) is 4.02. The third kappa shape index (κ3) is 3.66. The molecule has 2 fully saturated rings. The van der Waals surface area contributed by atoms with E-state index >= 15 is 0 Å². The lowest BCUT2D eigenvalue weighted by Gasteiger charge is -2.18. The van der Waals surface area contributed by atoms with Crippen molar-refractivity contribution in [3.05, 3.63) is 28.4 Å². The molecule has 0 amide bonds. The Morgan fingerprint density at radius 3 is 2.70 bits per heavy atom. The van der Waals surface area contributed by atoms with Crippen LogP contribution in [0, 0.1) is 0 Å². The van der Waals surface area contributed by atoms with Crippen LogP contribution >= 0.6 is 0 Å². The van der Waals surface area contributed by atoms with E-state index in [9.17, 15) is 23.6 Å². The zero-order valence-corrected chi connectivity index (χ0v) is 14.1. The van der Waals surface area contributed by atoms with Crippen LogP contribution in [-0.2, 0) is 23.7 Å².